The second-order valence-corrected chi connectivity index (χ2v) is 6.51. The van der Waals surface area contributed by atoms with E-state index in [4.69, 9.17) is 11.6 Å². The van der Waals surface area contributed by atoms with Crippen molar-refractivity contribution in [3.8, 4) is 5.69 Å². The van der Waals surface area contributed by atoms with E-state index in [-0.39, 0.29) is 18.0 Å². The average molecular weight is 376 g/mol. The Morgan fingerprint density at radius 2 is 1.76 bits per heavy atom. The molecule has 0 aliphatic carbocycles. The van der Waals surface area contributed by atoms with E-state index >= 15 is 0 Å². The Morgan fingerprint density at radius 1 is 1.04 bits per heavy atom. The summed E-state index contributed by atoms with van der Waals surface area (Å²) in [6.45, 7) is 2.46. The van der Waals surface area contributed by atoms with Gasteiger partial charge in [0, 0.05) is 31.7 Å². The number of hydrogen-bond acceptors (Lipinski definition) is 2. The van der Waals surface area contributed by atoms with Gasteiger partial charge in [0.15, 0.2) is 0 Å². The van der Waals surface area contributed by atoms with Crippen molar-refractivity contribution in [2.24, 2.45) is 0 Å². The molecule has 0 saturated heterocycles. The van der Waals surface area contributed by atoms with Crippen molar-refractivity contribution in [3.05, 3.63) is 86.8 Å². The van der Waals surface area contributed by atoms with Crippen molar-refractivity contribution < 1.29 is 0 Å². The second kappa shape index (κ2) is 7.48. The average Bonchev–Trinajstić information content (AvgIpc) is 2.93. The van der Waals surface area contributed by atoms with Gasteiger partial charge in [-0.1, -0.05) is 54.1 Å². The minimum absolute atomic E-state index is 0. The Hall–Kier alpha value is -2.01. The van der Waals surface area contributed by atoms with Gasteiger partial charge in [0.2, 0.25) is 0 Å². The molecule has 0 saturated carbocycles. The fraction of sp³-hybridized carbons (Fsp3) is 0.211. The molecule has 0 atom stereocenters. The zero-order valence-corrected chi connectivity index (χ0v) is 15.2. The van der Waals surface area contributed by atoms with Crippen molar-refractivity contribution in [2.75, 3.05) is 6.54 Å². The fourth-order valence-electron chi connectivity index (χ4n) is 3.24. The molecule has 0 spiro atoms. The van der Waals surface area contributed by atoms with Crippen LogP contribution in [0.5, 0.6) is 0 Å². The number of para-hydroxylation sites is 1. The van der Waals surface area contributed by atoms with Crippen LogP contribution >= 0.6 is 24.0 Å². The summed E-state index contributed by atoms with van der Waals surface area (Å²) in [6.07, 6.45) is 0.842. The van der Waals surface area contributed by atoms with E-state index in [0.29, 0.717) is 17.3 Å². The number of nitrogens with zero attached hydrogens (tertiary/aromatic N) is 2. The molecule has 0 amide bonds. The lowest BCUT2D eigenvalue weighted by atomic mass is 10.1. The number of H-pyrrole nitrogens is 1. The maximum absolute atomic E-state index is 12.8. The van der Waals surface area contributed by atoms with Gasteiger partial charge in [-0.25, -0.2) is 4.68 Å². The summed E-state index contributed by atoms with van der Waals surface area (Å²) in [5.74, 6) is 0. The van der Waals surface area contributed by atoms with E-state index < -0.39 is 0 Å². The van der Waals surface area contributed by atoms with Crippen molar-refractivity contribution in [2.45, 2.75) is 19.5 Å². The van der Waals surface area contributed by atoms with Gasteiger partial charge < -0.3 is 0 Å². The van der Waals surface area contributed by atoms with Gasteiger partial charge in [0.05, 0.1) is 16.3 Å². The number of halogens is 2. The zero-order chi connectivity index (χ0) is 16.5. The van der Waals surface area contributed by atoms with E-state index in [1.54, 1.807) is 10.7 Å². The highest BCUT2D eigenvalue weighted by molar-refractivity contribution is 6.32. The Balaban J connectivity index is 0.00000182. The standard InChI is InChI=1S/C19H18ClN3O.ClH/c20-16-8-4-5-9-18(16)23-19(24)15-13-22(11-10-17(15)21-23)12-14-6-2-1-3-7-14;/h1-9,21H,10-13H2;1H. The predicted molar refractivity (Wildman–Crippen MR) is 103 cm³/mol. The lowest BCUT2D eigenvalue weighted by Crippen LogP contribution is -2.32. The summed E-state index contributed by atoms with van der Waals surface area (Å²) in [4.78, 5) is 15.1. The first-order chi connectivity index (χ1) is 11.7. The molecule has 0 bridgehead atoms. The van der Waals surface area contributed by atoms with Crippen LogP contribution in [0, 0.1) is 0 Å². The third kappa shape index (κ3) is 3.52. The number of fused-ring (bicyclic) bond motifs is 1. The van der Waals surface area contributed by atoms with Gasteiger partial charge in [-0.3, -0.25) is 14.8 Å². The number of benzene rings is 2. The number of hydrogen-bond donors (Lipinski definition) is 1. The van der Waals surface area contributed by atoms with Gasteiger partial charge in [0.25, 0.3) is 5.56 Å². The third-order valence-electron chi connectivity index (χ3n) is 4.47. The van der Waals surface area contributed by atoms with E-state index in [9.17, 15) is 4.79 Å². The number of rotatable bonds is 3. The first-order valence-corrected chi connectivity index (χ1v) is 8.44. The molecule has 1 aromatic heterocycles. The molecule has 4 rings (SSSR count). The Bertz CT molecular complexity index is 918. The number of nitrogens with one attached hydrogen (secondary N) is 1. The summed E-state index contributed by atoms with van der Waals surface area (Å²) in [5.41, 5.74) is 3.83. The van der Waals surface area contributed by atoms with E-state index in [1.807, 2.05) is 36.4 Å². The minimum Gasteiger partial charge on any atom is -0.295 e. The van der Waals surface area contributed by atoms with Crippen LogP contribution < -0.4 is 5.56 Å². The highest BCUT2D eigenvalue weighted by Gasteiger charge is 2.23. The van der Waals surface area contributed by atoms with Crippen LogP contribution in [-0.4, -0.2) is 21.2 Å². The van der Waals surface area contributed by atoms with Crippen LogP contribution in [0.4, 0.5) is 0 Å². The van der Waals surface area contributed by atoms with Crippen LogP contribution in [0.25, 0.3) is 5.69 Å². The summed E-state index contributed by atoms with van der Waals surface area (Å²) in [6, 6.07) is 17.8. The molecule has 0 unspecified atom stereocenters. The van der Waals surface area contributed by atoms with E-state index in [0.717, 1.165) is 30.8 Å². The molecule has 130 valence electrons. The monoisotopic (exact) mass is 375 g/mol. The van der Waals surface area contributed by atoms with Crippen LogP contribution in [0.3, 0.4) is 0 Å². The van der Waals surface area contributed by atoms with Crippen LogP contribution in [0.2, 0.25) is 5.02 Å². The molecular weight excluding hydrogens is 357 g/mol. The summed E-state index contributed by atoms with van der Waals surface area (Å²) < 4.78 is 1.57. The summed E-state index contributed by atoms with van der Waals surface area (Å²) in [5, 5.41) is 3.81. The maximum Gasteiger partial charge on any atom is 0.276 e. The Kier molecular flexibility index (Phi) is 5.33. The molecule has 6 heteroatoms. The molecule has 4 nitrogen and oxygen atoms in total. The molecule has 25 heavy (non-hydrogen) atoms. The fourth-order valence-corrected chi connectivity index (χ4v) is 3.46. The van der Waals surface area contributed by atoms with Crippen LogP contribution in [0.15, 0.2) is 59.4 Å². The number of aromatic amines is 1. The summed E-state index contributed by atoms with van der Waals surface area (Å²) in [7, 11) is 0. The zero-order valence-electron chi connectivity index (χ0n) is 13.6. The molecule has 1 aliphatic heterocycles. The third-order valence-corrected chi connectivity index (χ3v) is 4.79. The largest absolute Gasteiger partial charge is 0.295 e. The SMILES string of the molecule is Cl.O=c1c2c([nH]n1-c1ccccc1Cl)CCN(Cc1ccccc1)C2. The normalized spacial score (nSPS) is 14.0. The first-order valence-electron chi connectivity index (χ1n) is 8.06. The van der Waals surface area contributed by atoms with Gasteiger partial charge >= 0.3 is 0 Å². The Morgan fingerprint density at radius 3 is 2.52 bits per heavy atom. The maximum atomic E-state index is 12.8. The van der Waals surface area contributed by atoms with E-state index in [2.05, 4.69) is 22.1 Å². The Labute approximate surface area is 157 Å². The van der Waals surface area contributed by atoms with E-state index in [1.165, 1.54) is 5.56 Å². The van der Waals surface area contributed by atoms with Gasteiger partial charge in [-0.05, 0) is 17.7 Å². The molecule has 1 N–H and O–H groups in total. The smallest absolute Gasteiger partial charge is 0.276 e. The molecule has 2 heterocycles. The first kappa shape index (κ1) is 17.8. The molecule has 0 fully saturated rings. The van der Waals surface area contributed by atoms with Crippen molar-refractivity contribution in [1.82, 2.24) is 14.7 Å². The molecule has 1 aliphatic rings. The quantitative estimate of drug-likeness (QED) is 0.756. The number of aromatic nitrogens is 2. The summed E-state index contributed by atoms with van der Waals surface area (Å²) >= 11 is 6.24. The van der Waals surface area contributed by atoms with Crippen molar-refractivity contribution >= 4 is 24.0 Å². The molecule has 2 aromatic carbocycles. The second-order valence-electron chi connectivity index (χ2n) is 6.11. The molecular formula is C19H19Cl2N3O. The minimum atomic E-state index is -0.00383. The van der Waals surface area contributed by atoms with Crippen LogP contribution in [-0.2, 0) is 19.5 Å². The highest BCUT2D eigenvalue weighted by atomic mass is 35.5. The highest BCUT2D eigenvalue weighted by Crippen LogP contribution is 2.21. The topological polar surface area (TPSA) is 41.0 Å². The van der Waals surface area contributed by atoms with Crippen molar-refractivity contribution in [1.29, 1.82) is 0 Å². The lowest BCUT2D eigenvalue weighted by molar-refractivity contribution is 0.244. The van der Waals surface area contributed by atoms with Gasteiger partial charge in [-0.15, -0.1) is 12.4 Å². The lowest BCUT2D eigenvalue weighted by Gasteiger charge is -2.25. The van der Waals surface area contributed by atoms with Gasteiger partial charge in [-0.2, -0.15) is 0 Å². The van der Waals surface area contributed by atoms with Crippen LogP contribution in [0.1, 0.15) is 16.8 Å². The molecule has 3 aromatic rings. The van der Waals surface area contributed by atoms with Gasteiger partial charge in [0.1, 0.15) is 0 Å². The molecule has 0 radical (unpaired) electrons. The predicted octanol–water partition coefficient (Wildman–Crippen LogP) is 3.80. The van der Waals surface area contributed by atoms with Crippen molar-refractivity contribution in [3.63, 3.8) is 0 Å².